The van der Waals surface area contributed by atoms with Gasteiger partial charge in [-0.3, -0.25) is 4.40 Å². The van der Waals surface area contributed by atoms with Crippen LogP contribution in [0.1, 0.15) is 30.3 Å². The van der Waals surface area contributed by atoms with Gasteiger partial charge in [0.25, 0.3) is 0 Å². The van der Waals surface area contributed by atoms with E-state index in [-0.39, 0.29) is 6.04 Å². The van der Waals surface area contributed by atoms with Crippen molar-refractivity contribution in [2.24, 2.45) is 0 Å². The van der Waals surface area contributed by atoms with Crippen molar-refractivity contribution in [1.82, 2.24) is 19.7 Å². The number of rotatable bonds is 5. The number of nitrogens with zero attached hydrogens (tertiary/aromatic N) is 3. The molecule has 1 atom stereocenters. The van der Waals surface area contributed by atoms with Crippen molar-refractivity contribution in [3.63, 3.8) is 0 Å². The zero-order valence-corrected chi connectivity index (χ0v) is 16.1. The van der Waals surface area contributed by atoms with Crippen molar-refractivity contribution in [3.05, 3.63) is 78.4 Å². The first-order valence-corrected chi connectivity index (χ1v) is 9.92. The molecule has 1 saturated heterocycles. The highest BCUT2D eigenvalue weighted by atomic mass is 16.5. The van der Waals surface area contributed by atoms with E-state index in [1.54, 1.807) is 6.20 Å². The first-order chi connectivity index (χ1) is 14.3. The van der Waals surface area contributed by atoms with Crippen LogP contribution in [0.5, 0.6) is 5.75 Å². The molecule has 2 aromatic heterocycles. The van der Waals surface area contributed by atoms with Gasteiger partial charge in [-0.25, -0.2) is 9.97 Å². The fourth-order valence-corrected chi connectivity index (χ4v) is 3.89. The molecule has 0 amide bonds. The lowest BCUT2D eigenvalue weighted by Gasteiger charge is -2.08. The molecule has 1 fully saturated rings. The molecule has 0 spiro atoms. The number of fused-ring (bicyclic) bond motifs is 1. The molecule has 0 aliphatic carbocycles. The maximum absolute atomic E-state index is 6.23. The Hall–Kier alpha value is -3.38. The lowest BCUT2D eigenvalue weighted by Crippen LogP contribution is -2.15. The number of aromatic nitrogens is 3. The second-order valence-corrected chi connectivity index (χ2v) is 7.30. The van der Waals surface area contributed by atoms with Crippen LogP contribution in [0.3, 0.4) is 0 Å². The number of imidazole rings is 1. The highest BCUT2D eigenvalue weighted by molar-refractivity contribution is 5.85. The zero-order valence-electron chi connectivity index (χ0n) is 16.1. The summed E-state index contributed by atoms with van der Waals surface area (Å²) >= 11 is 0. The number of nitrogens with one attached hydrogen (secondary N) is 1. The Bertz CT molecular complexity index is 1120. The van der Waals surface area contributed by atoms with Crippen LogP contribution in [-0.4, -0.2) is 20.9 Å². The van der Waals surface area contributed by atoms with Crippen molar-refractivity contribution in [2.75, 3.05) is 12.3 Å². The Balaban J connectivity index is 1.46. The molecular formula is C23H23N5O. The van der Waals surface area contributed by atoms with E-state index in [0.717, 1.165) is 53.3 Å². The summed E-state index contributed by atoms with van der Waals surface area (Å²) in [4.78, 5) is 9.25. The van der Waals surface area contributed by atoms with E-state index in [0.29, 0.717) is 12.4 Å². The summed E-state index contributed by atoms with van der Waals surface area (Å²) in [5, 5.41) is 3.53. The van der Waals surface area contributed by atoms with E-state index >= 15 is 0 Å². The van der Waals surface area contributed by atoms with Gasteiger partial charge in [0.2, 0.25) is 0 Å². The van der Waals surface area contributed by atoms with Crippen molar-refractivity contribution in [3.8, 4) is 17.0 Å². The third kappa shape index (κ3) is 3.43. The molecule has 3 N–H and O–H groups in total. The van der Waals surface area contributed by atoms with Gasteiger partial charge in [0.15, 0.2) is 0 Å². The van der Waals surface area contributed by atoms with Gasteiger partial charge in [-0.2, -0.15) is 0 Å². The highest BCUT2D eigenvalue weighted by Crippen LogP contribution is 2.33. The minimum absolute atomic E-state index is 0.242. The van der Waals surface area contributed by atoms with Gasteiger partial charge in [-0.05, 0) is 49.2 Å². The molecule has 0 saturated carbocycles. The summed E-state index contributed by atoms with van der Waals surface area (Å²) in [6, 6.07) is 18.4. The molecule has 1 aliphatic heterocycles. The predicted molar refractivity (Wildman–Crippen MR) is 114 cm³/mol. The lowest BCUT2D eigenvalue weighted by molar-refractivity contribution is 0.306. The van der Waals surface area contributed by atoms with E-state index in [1.807, 2.05) is 48.7 Å². The van der Waals surface area contributed by atoms with Crippen molar-refractivity contribution in [1.29, 1.82) is 0 Å². The van der Waals surface area contributed by atoms with Crippen LogP contribution in [-0.2, 0) is 6.61 Å². The maximum atomic E-state index is 6.23. The molecule has 1 aliphatic rings. The van der Waals surface area contributed by atoms with E-state index in [9.17, 15) is 0 Å². The molecule has 2 aromatic carbocycles. The number of hydrogen-bond donors (Lipinski definition) is 2. The van der Waals surface area contributed by atoms with Crippen LogP contribution in [0.25, 0.3) is 16.8 Å². The lowest BCUT2D eigenvalue weighted by atomic mass is 10.1. The van der Waals surface area contributed by atoms with Crippen LogP contribution in [0, 0.1) is 0 Å². The number of ether oxygens (including phenoxy) is 1. The minimum atomic E-state index is 0.242. The second kappa shape index (κ2) is 7.56. The summed E-state index contributed by atoms with van der Waals surface area (Å²) in [5.74, 6) is 2.31. The van der Waals surface area contributed by atoms with E-state index in [4.69, 9.17) is 15.5 Å². The van der Waals surface area contributed by atoms with Gasteiger partial charge in [-0.15, -0.1) is 0 Å². The fraction of sp³-hybridized carbons (Fsp3) is 0.217. The number of hydrogen-bond acceptors (Lipinski definition) is 5. The minimum Gasteiger partial charge on any atom is -0.489 e. The Morgan fingerprint density at radius 2 is 1.93 bits per heavy atom. The molecular weight excluding hydrogens is 362 g/mol. The van der Waals surface area contributed by atoms with E-state index < -0.39 is 0 Å². The normalized spacial score (nSPS) is 16.3. The van der Waals surface area contributed by atoms with E-state index in [1.165, 1.54) is 0 Å². The summed E-state index contributed by atoms with van der Waals surface area (Å²) in [6.45, 7) is 1.56. The smallest absolute Gasteiger partial charge is 0.150 e. The van der Waals surface area contributed by atoms with Crippen LogP contribution in [0.4, 0.5) is 5.82 Å². The first kappa shape index (κ1) is 17.7. The molecule has 4 aromatic rings. The summed E-state index contributed by atoms with van der Waals surface area (Å²) in [7, 11) is 0. The van der Waals surface area contributed by atoms with Crippen molar-refractivity contribution >= 4 is 11.3 Å². The highest BCUT2D eigenvalue weighted by Gasteiger charge is 2.24. The summed E-state index contributed by atoms with van der Waals surface area (Å²) < 4.78 is 7.98. The topological polar surface area (TPSA) is 77.5 Å². The Morgan fingerprint density at radius 3 is 2.69 bits per heavy atom. The standard InChI is InChI=1S/C23H23N5O/c24-22-21-20(27-23(19-7-4-12-25-19)28(21)14-13-26-22)17-8-10-18(11-9-17)29-15-16-5-2-1-3-6-16/h1-3,5-6,8-11,13-14,19,25H,4,7,12,15H2,(H2,24,26). The third-order valence-corrected chi connectivity index (χ3v) is 5.36. The molecule has 6 heteroatoms. The first-order valence-electron chi connectivity index (χ1n) is 9.92. The molecule has 3 heterocycles. The zero-order chi connectivity index (χ0) is 19.6. The van der Waals surface area contributed by atoms with Crippen LogP contribution < -0.4 is 15.8 Å². The van der Waals surface area contributed by atoms with E-state index in [2.05, 4.69) is 26.8 Å². The second-order valence-electron chi connectivity index (χ2n) is 7.30. The molecule has 5 rings (SSSR count). The van der Waals surface area contributed by atoms with Gasteiger partial charge in [0.1, 0.15) is 35.2 Å². The predicted octanol–water partition coefficient (Wildman–Crippen LogP) is 3.98. The Morgan fingerprint density at radius 1 is 1.10 bits per heavy atom. The van der Waals surface area contributed by atoms with Gasteiger partial charge in [0, 0.05) is 18.0 Å². The molecule has 6 nitrogen and oxygen atoms in total. The molecule has 0 bridgehead atoms. The summed E-state index contributed by atoms with van der Waals surface area (Å²) in [6.07, 6.45) is 5.90. The summed E-state index contributed by atoms with van der Waals surface area (Å²) in [5.41, 5.74) is 10.1. The average Bonchev–Trinajstić information content (AvgIpc) is 3.42. The molecule has 29 heavy (non-hydrogen) atoms. The largest absolute Gasteiger partial charge is 0.489 e. The SMILES string of the molecule is Nc1nccn2c(C3CCCN3)nc(-c3ccc(OCc4ccccc4)cc3)c12. The number of benzene rings is 2. The van der Waals surface area contributed by atoms with Gasteiger partial charge < -0.3 is 15.8 Å². The number of nitrogens with two attached hydrogens (primary N) is 1. The maximum Gasteiger partial charge on any atom is 0.150 e. The van der Waals surface area contributed by atoms with Crippen LogP contribution >= 0.6 is 0 Å². The van der Waals surface area contributed by atoms with Crippen LogP contribution in [0.15, 0.2) is 67.0 Å². The van der Waals surface area contributed by atoms with Gasteiger partial charge in [0.05, 0.1) is 6.04 Å². The quantitative estimate of drug-likeness (QED) is 0.543. The van der Waals surface area contributed by atoms with Crippen LogP contribution in [0.2, 0.25) is 0 Å². The van der Waals surface area contributed by atoms with Gasteiger partial charge >= 0.3 is 0 Å². The van der Waals surface area contributed by atoms with Crippen molar-refractivity contribution in [2.45, 2.75) is 25.5 Å². The van der Waals surface area contributed by atoms with Crippen molar-refractivity contribution < 1.29 is 4.74 Å². The Labute approximate surface area is 169 Å². The Kier molecular flexibility index (Phi) is 4.62. The average molecular weight is 385 g/mol. The number of nitrogen functional groups attached to an aromatic ring is 1. The molecule has 146 valence electrons. The monoisotopic (exact) mass is 385 g/mol. The molecule has 0 radical (unpaired) electrons. The fourth-order valence-electron chi connectivity index (χ4n) is 3.89. The third-order valence-electron chi connectivity index (χ3n) is 5.36. The number of anilines is 1. The van der Waals surface area contributed by atoms with Gasteiger partial charge in [-0.1, -0.05) is 30.3 Å². The molecule has 1 unspecified atom stereocenters.